The van der Waals surface area contributed by atoms with Crippen molar-refractivity contribution < 1.29 is 4.74 Å². The zero-order valence-electron chi connectivity index (χ0n) is 13.0. The number of hydrogen-bond acceptors (Lipinski definition) is 4. The van der Waals surface area contributed by atoms with Gasteiger partial charge < -0.3 is 15.4 Å². The van der Waals surface area contributed by atoms with Gasteiger partial charge in [0.25, 0.3) is 0 Å². The molecule has 0 spiro atoms. The number of nitrogens with zero attached hydrogens (tertiary/aromatic N) is 2. The molecule has 2 heterocycles. The van der Waals surface area contributed by atoms with Crippen LogP contribution >= 0.6 is 0 Å². The molecule has 4 nitrogen and oxygen atoms in total. The van der Waals surface area contributed by atoms with Gasteiger partial charge in [0.2, 0.25) is 0 Å². The molecule has 116 valence electrons. The third-order valence-electron chi connectivity index (χ3n) is 5.07. The van der Waals surface area contributed by atoms with Crippen LogP contribution in [0.2, 0.25) is 0 Å². The summed E-state index contributed by atoms with van der Waals surface area (Å²) >= 11 is 0. The van der Waals surface area contributed by atoms with Gasteiger partial charge in [0.15, 0.2) is 0 Å². The van der Waals surface area contributed by atoms with Crippen molar-refractivity contribution in [3.05, 3.63) is 30.5 Å². The van der Waals surface area contributed by atoms with Crippen molar-refractivity contribution in [1.82, 2.24) is 4.98 Å². The van der Waals surface area contributed by atoms with Gasteiger partial charge >= 0.3 is 0 Å². The Labute approximate surface area is 131 Å². The minimum absolute atomic E-state index is 0.271. The van der Waals surface area contributed by atoms with E-state index in [0.29, 0.717) is 0 Å². The molecule has 1 aliphatic carbocycles. The van der Waals surface area contributed by atoms with Crippen LogP contribution in [0.1, 0.15) is 19.3 Å². The Kier molecular flexibility index (Phi) is 3.41. The molecule has 2 atom stereocenters. The van der Waals surface area contributed by atoms with Crippen molar-refractivity contribution in [3.63, 3.8) is 0 Å². The topological polar surface area (TPSA) is 51.4 Å². The first-order valence-corrected chi connectivity index (χ1v) is 8.18. The lowest BCUT2D eigenvalue weighted by Crippen LogP contribution is -2.47. The van der Waals surface area contributed by atoms with E-state index >= 15 is 0 Å². The molecule has 2 unspecified atom stereocenters. The number of methoxy groups -OCH3 is 1. The average Bonchev–Trinajstić information content (AvgIpc) is 3.38. The third kappa shape index (κ3) is 2.41. The fourth-order valence-corrected chi connectivity index (χ4v) is 3.86. The summed E-state index contributed by atoms with van der Waals surface area (Å²) in [6.07, 6.45) is 5.77. The number of anilines is 1. The molecule has 4 heteroatoms. The molecule has 0 bridgehead atoms. The number of nitrogens with two attached hydrogens (primary N) is 1. The van der Waals surface area contributed by atoms with Crippen molar-refractivity contribution in [2.45, 2.75) is 25.3 Å². The van der Waals surface area contributed by atoms with Crippen LogP contribution in [0.5, 0.6) is 5.75 Å². The summed E-state index contributed by atoms with van der Waals surface area (Å²) < 4.78 is 5.45. The van der Waals surface area contributed by atoms with E-state index < -0.39 is 0 Å². The van der Waals surface area contributed by atoms with E-state index in [2.05, 4.69) is 22.0 Å². The largest absolute Gasteiger partial charge is 0.494 e. The first-order valence-electron chi connectivity index (χ1n) is 8.18. The molecule has 1 aromatic carbocycles. The number of fused-ring (bicyclic) bond motifs is 1. The van der Waals surface area contributed by atoms with Crippen molar-refractivity contribution in [3.8, 4) is 5.75 Å². The van der Waals surface area contributed by atoms with Gasteiger partial charge in [-0.3, -0.25) is 4.98 Å². The Balaban J connectivity index is 1.73. The van der Waals surface area contributed by atoms with Crippen LogP contribution in [0.25, 0.3) is 10.9 Å². The summed E-state index contributed by atoms with van der Waals surface area (Å²) in [5.41, 5.74) is 8.51. The number of ether oxygens (including phenoxy) is 1. The lowest BCUT2D eigenvalue weighted by molar-refractivity contribution is 0.342. The molecule has 1 aromatic heterocycles. The predicted octanol–water partition coefficient (Wildman–Crippen LogP) is 2.81. The van der Waals surface area contributed by atoms with E-state index in [1.165, 1.54) is 24.9 Å². The van der Waals surface area contributed by atoms with Gasteiger partial charge in [-0.2, -0.15) is 0 Å². The zero-order valence-corrected chi connectivity index (χ0v) is 13.0. The van der Waals surface area contributed by atoms with Gasteiger partial charge in [-0.1, -0.05) is 0 Å². The minimum atomic E-state index is 0.271. The highest BCUT2D eigenvalue weighted by molar-refractivity contribution is 5.95. The van der Waals surface area contributed by atoms with Crippen molar-refractivity contribution in [1.29, 1.82) is 0 Å². The van der Waals surface area contributed by atoms with Crippen molar-refractivity contribution >= 4 is 16.6 Å². The van der Waals surface area contributed by atoms with Crippen LogP contribution in [0, 0.1) is 11.8 Å². The molecule has 1 aliphatic heterocycles. The predicted molar refractivity (Wildman–Crippen MR) is 89.3 cm³/mol. The van der Waals surface area contributed by atoms with E-state index in [9.17, 15) is 0 Å². The maximum Gasteiger partial charge on any atom is 0.145 e. The molecule has 1 saturated carbocycles. The molecular formula is C18H23N3O. The highest BCUT2D eigenvalue weighted by Crippen LogP contribution is 2.42. The summed E-state index contributed by atoms with van der Waals surface area (Å²) in [6, 6.07) is 8.58. The summed E-state index contributed by atoms with van der Waals surface area (Å²) in [5, 5.41) is 1.16. The second kappa shape index (κ2) is 5.43. The Morgan fingerprint density at radius 3 is 2.82 bits per heavy atom. The number of pyridine rings is 1. The minimum Gasteiger partial charge on any atom is -0.494 e. The Bertz CT molecular complexity index is 683. The third-order valence-corrected chi connectivity index (χ3v) is 5.07. The van der Waals surface area contributed by atoms with Gasteiger partial charge in [-0.05, 0) is 55.4 Å². The molecule has 4 rings (SSSR count). The molecule has 2 N–H and O–H groups in total. The Morgan fingerprint density at radius 1 is 1.18 bits per heavy atom. The number of aromatic nitrogens is 1. The molecule has 0 radical (unpaired) electrons. The Morgan fingerprint density at radius 2 is 2.05 bits per heavy atom. The van der Waals surface area contributed by atoms with E-state index in [1.807, 2.05) is 18.3 Å². The van der Waals surface area contributed by atoms with Gasteiger partial charge in [-0.25, -0.2) is 0 Å². The lowest BCUT2D eigenvalue weighted by atomic mass is 9.90. The SMILES string of the molecule is COc1ccc(N2CC(N)CC(C3CC3)C2)c2cccnc12. The van der Waals surface area contributed by atoms with Crippen LogP contribution in [0.4, 0.5) is 5.69 Å². The average molecular weight is 297 g/mol. The van der Waals surface area contributed by atoms with Gasteiger partial charge in [0.1, 0.15) is 11.3 Å². The van der Waals surface area contributed by atoms with E-state index in [1.54, 1.807) is 7.11 Å². The summed E-state index contributed by atoms with van der Waals surface area (Å²) in [6.45, 7) is 2.05. The maximum atomic E-state index is 6.34. The fraction of sp³-hybridized carbons (Fsp3) is 0.500. The molecule has 2 aromatic rings. The molecular weight excluding hydrogens is 274 g/mol. The number of piperidine rings is 1. The second-order valence-corrected chi connectivity index (χ2v) is 6.68. The number of rotatable bonds is 3. The monoisotopic (exact) mass is 297 g/mol. The summed E-state index contributed by atoms with van der Waals surface area (Å²) in [5.74, 6) is 2.48. The smallest absolute Gasteiger partial charge is 0.145 e. The molecule has 1 saturated heterocycles. The Hall–Kier alpha value is -1.81. The molecule has 2 aliphatic rings. The van der Waals surface area contributed by atoms with E-state index in [-0.39, 0.29) is 6.04 Å². The summed E-state index contributed by atoms with van der Waals surface area (Å²) in [7, 11) is 1.70. The van der Waals surface area contributed by atoms with Crippen LogP contribution < -0.4 is 15.4 Å². The zero-order chi connectivity index (χ0) is 15.1. The maximum absolute atomic E-state index is 6.34. The highest BCUT2D eigenvalue weighted by Gasteiger charge is 2.36. The van der Waals surface area contributed by atoms with Crippen LogP contribution in [0.3, 0.4) is 0 Å². The van der Waals surface area contributed by atoms with Crippen LogP contribution in [0.15, 0.2) is 30.5 Å². The fourth-order valence-electron chi connectivity index (χ4n) is 3.86. The van der Waals surface area contributed by atoms with Crippen LogP contribution in [-0.2, 0) is 0 Å². The quantitative estimate of drug-likeness (QED) is 0.946. The normalized spacial score (nSPS) is 25.5. The van der Waals surface area contributed by atoms with Gasteiger partial charge in [-0.15, -0.1) is 0 Å². The number of benzene rings is 1. The number of hydrogen-bond donors (Lipinski definition) is 1. The van der Waals surface area contributed by atoms with E-state index in [4.69, 9.17) is 10.5 Å². The first kappa shape index (κ1) is 13.8. The molecule has 22 heavy (non-hydrogen) atoms. The lowest BCUT2D eigenvalue weighted by Gasteiger charge is -2.38. The first-order chi connectivity index (χ1) is 10.8. The molecule has 2 fully saturated rings. The van der Waals surface area contributed by atoms with E-state index in [0.717, 1.165) is 41.6 Å². The molecule has 0 amide bonds. The summed E-state index contributed by atoms with van der Waals surface area (Å²) in [4.78, 5) is 6.97. The second-order valence-electron chi connectivity index (χ2n) is 6.68. The van der Waals surface area contributed by atoms with Crippen LogP contribution in [-0.4, -0.2) is 31.2 Å². The van der Waals surface area contributed by atoms with Gasteiger partial charge in [0.05, 0.1) is 7.11 Å². The van der Waals surface area contributed by atoms with Crippen molar-refractivity contribution in [2.75, 3.05) is 25.1 Å². The highest BCUT2D eigenvalue weighted by atomic mass is 16.5. The standard InChI is InChI=1S/C18H23N3O/c1-22-17-7-6-16(15-3-2-8-20-18(15)17)21-10-13(12-4-5-12)9-14(19)11-21/h2-3,6-8,12-14H,4-5,9-11,19H2,1H3. The van der Waals surface area contributed by atoms with Crippen molar-refractivity contribution in [2.24, 2.45) is 17.6 Å². The van der Waals surface area contributed by atoms with Gasteiger partial charge in [0, 0.05) is 36.4 Å².